The molecule has 2 N–H and O–H groups in total. The number of aromatic nitrogens is 1. The number of pyridine rings is 1. The lowest BCUT2D eigenvalue weighted by Gasteiger charge is -2.33. The second-order valence-electron chi connectivity index (χ2n) is 6.85. The highest BCUT2D eigenvalue weighted by molar-refractivity contribution is 5.56. The van der Waals surface area contributed by atoms with E-state index in [1.807, 2.05) is 32.9 Å². The van der Waals surface area contributed by atoms with Crippen molar-refractivity contribution in [1.29, 1.82) is 0 Å². The van der Waals surface area contributed by atoms with Crippen LogP contribution in [-0.4, -0.2) is 22.7 Å². The van der Waals surface area contributed by atoms with E-state index in [0.717, 1.165) is 12.4 Å². The van der Waals surface area contributed by atoms with Crippen LogP contribution < -0.4 is 15.4 Å². The van der Waals surface area contributed by atoms with Gasteiger partial charge in [-0.3, -0.25) is 0 Å². The van der Waals surface area contributed by atoms with Crippen LogP contribution in [-0.2, 0) is 0 Å². The van der Waals surface area contributed by atoms with Crippen molar-refractivity contribution >= 4 is 11.5 Å². The highest BCUT2D eigenvalue weighted by atomic mass is 16.5. The number of anilines is 2. The Hall–Kier alpha value is -1.45. The molecule has 1 fully saturated rings. The minimum atomic E-state index is -0.291. The molecule has 1 aliphatic rings. The lowest BCUT2D eigenvalue weighted by atomic mass is 10.0. The van der Waals surface area contributed by atoms with Crippen molar-refractivity contribution in [3.05, 3.63) is 12.1 Å². The Kier molecular flexibility index (Phi) is 3.37. The zero-order valence-electron chi connectivity index (χ0n) is 12.7. The lowest BCUT2D eigenvalue weighted by Crippen LogP contribution is -2.38. The van der Waals surface area contributed by atoms with Gasteiger partial charge in [-0.25, -0.2) is 0 Å². The molecule has 2 heterocycles. The molecule has 0 aromatic carbocycles. The largest absolute Gasteiger partial charge is 0.470 e. The zero-order valence-corrected chi connectivity index (χ0v) is 12.7. The van der Waals surface area contributed by atoms with Crippen LogP contribution in [0.4, 0.5) is 11.5 Å². The molecule has 0 bridgehead atoms. The molecule has 4 heteroatoms. The highest BCUT2D eigenvalue weighted by Gasteiger charge is 2.33. The van der Waals surface area contributed by atoms with Crippen LogP contribution in [0.15, 0.2) is 12.1 Å². The Morgan fingerprint density at radius 1 is 1.32 bits per heavy atom. The van der Waals surface area contributed by atoms with Gasteiger partial charge in [-0.05, 0) is 59.6 Å². The fraction of sp³-hybridized carbons (Fsp3) is 0.667. The van der Waals surface area contributed by atoms with Gasteiger partial charge in [-0.1, -0.05) is 0 Å². The van der Waals surface area contributed by atoms with Crippen LogP contribution in [0.2, 0.25) is 0 Å². The standard InChI is InChI=1S/C15H25N3O/c1-14(2,3)19-13-11(16)7-8-12(17-13)18-10-6-9-15(18,4)5/h7-8H,6,9-10,16H2,1-5H3. The maximum absolute atomic E-state index is 5.96. The summed E-state index contributed by atoms with van der Waals surface area (Å²) >= 11 is 0. The first-order valence-electron chi connectivity index (χ1n) is 6.92. The number of hydrogen-bond acceptors (Lipinski definition) is 4. The first-order valence-corrected chi connectivity index (χ1v) is 6.92. The molecule has 0 radical (unpaired) electrons. The Bertz CT molecular complexity index is 463. The third-order valence-electron chi connectivity index (χ3n) is 3.46. The second-order valence-corrected chi connectivity index (χ2v) is 6.85. The number of hydrogen-bond donors (Lipinski definition) is 1. The molecule has 0 unspecified atom stereocenters. The van der Waals surface area contributed by atoms with Crippen molar-refractivity contribution in [2.75, 3.05) is 17.2 Å². The number of nitrogens with two attached hydrogens (primary N) is 1. The molecule has 1 aliphatic heterocycles. The maximum atomic E-state index is 5.96. The smallest absolute Gasteiger partial charge is 0.239 e. The number of ether oxygens (including phenoxy) is 1. The number of nitrogens with zero attached hydrogens (tertiary/aromatic N) is 2. The van der Waals surface area contributed by atoms with E-state index in [1.54, 1.807) is 0 Å². The normalized spacial score (nSPS) is 18.7. The zero-order chi connectivity index (χ0) is 14.3. The fourth-order valence-corrected chi connectivity index (χ4v) is 2.50. The molecule has 0 saturated carbocycles. The van der Waals surface area contributed by atoms with Crippen LogP contribution in [0.1, 0.15) is 47.5 Å². The number of nitrogen functional groups attached to an aromatic ring is 1. The monoisotopic (exact) mass is 263 g/mol. The molecule has 0 spiro atoms. The van der Waals surface area contributed by atoms with Gasteiger partial charge < -0.3 is 15.4 Å². The van der Waals surface area contributed by atoms with E-state index in [9.17, 15) is 0 Å². The number of rotatable bonds is 2. The first kappa shape index (κ1) is 14.0. The third kappa shape index (κ3) is 3.11. The van der Waals surface area contributed by atoms with Gasteiger partial charge in [-0.2, -0.15) is 4.98 Å². The lowest BCUT2D eigenvalue weighted by molar-refractivity contribution is 0.125. The summed E-state index contributed by atoms with van der Waals surface area (Å²) in [5.41, 5.74) is 6.41. The van der Waals surface area contributed by atoms with Gasteiger partial charge in [0.25, 0.3) is 0 Å². The van der Waals surface area contributed by atoms with Gasteiger partial charge in [-0.15, -0.1) is 0 Å². The predicted molar refractivity (Wildman–Crippen MR) is 79.7 cm³/mol. The van der Waals surface area contributed by atoms with Crippen LogP contribution in [0.25, 0.3) is 0 Å². The van der Waals surface area contributed by atoms with E-state index in [4.69, 9.17) is 10.5 Å². The fourth-order valence-electron chi connectivity index (χ4n) is 2.50. The topological polar surface area (TPSA) is 51.4 Å². The minimum Gasteiger partial charge on any atom is -0.470 e. The van der Waals surface area contributed by atoms with Gasteiger partial charge in [0.2, 0.25) is 5.88 Å². The molecule has 4 nitrogen and oxygen atoms in total. The average molecular weight is 263 g/mol. The van der Waals surface area contributed by atoms with Crippen molar-refractivity contribution in [3.8, 4) is 5.88 Å². The van der Waals surface area contributed by atoms with Gasteiger partial charge >= 0.3 is 0 Å². The van der Waals surface area contributed by atoms with Crippen molar-refractivity contribution < 1.29 is 4.74 Å². The summed E-state index contributed by atoms with van der Waals surface area (Å²) in [7, 11) is 0. The summed E-state index contributed by atoms with van der Waals surface area (Å²) in [6.45, 7) is 11.5. The molecule has 106 valence electrons. The SMILES string of the molecule is CC(C)(C)Oc1nc(N2CCCC2(C)C)ccc1N. The van der Waals surface area contributed by atoms with E-state index in [0.29, 0.717) is 11.6 Å². The highest BCUT2D eigenvalue weighted by Crippen LogP contribution is 2.35. The predicted octanol–water partition coefficient (Wildman–Crippen LogP) is 3.22. The molecule has 1 aromatic rings. The molecule has 0 aliphatic carbocycles. The Morgan fingerprint density at radius 2 is 2.00 bits per heavy atom. The van der Waals surface area contributed by atoms with Crippen molar-refractivity contribution in [1.82, 2.24) is 4.98 Å². The van der Waals surface area contributed by atoms with Gasteiger partial charge in [0.05, 0.1) is 5.69 Å². The van der Waals surface area contributed by atoms with Crippen LogP contribution in [0.5, 0.6) is 5.88 Å². The van der Waals surface area contributed by atoms with E-state index in [2.05, 4.69) is 23.7 Å². The Balaban J connectivity index is 2.31. The Labute approximate surface area is 116 Å². The third-order valence-corrected chi connectivity index (χ3v) is 3.46. The van der Waals surface area contributed by atoms with E-state index in [-0.39, 0.29) is 11.1 Å². The minimum absolute atomic E-state index is 0.155. The van der Waals surface area contributed by atoms with Gasteiger partial charge in [0.1, 0.15) is 11.4 Å². The van der Waals surface area contributed by atoms with Gasteiger partial charge in [0.15, 0.2) is 0 Å². The quantitative estimate of drug-likeness (QED) is 0.890. The first-order chi connectivity index (χ1) is 8.69. The van der Waals surface area contributed by atoms with Crippen LogP contribution >= 0.6 is 0 Å². The summed E-state index contributed by atoms with van der Waals surface area (Å²) in [5.74, 6) is 1.49. The second kappa shape index (κ2) is 4.58. The molecular formula is C15H25N3O. The van der Waals surface area contributed by atoms with E-state index < -0.39 is 0 Å². The average Bonchev–Trinajstić information content (AvgIpc) is 2.59. The van der Waals surface area contributed by atoms with Crippen LogP contribution in [0.3, 0.4) is 0 Å². The van der Waals surface area contributed by atoms with Crippen molar-refractivity contribution in [2.24, 2.45) is 0 Å². The van der Waals surface area contributed by atoms with Crippen molar-refractivity contribution in [3.63, 3.8) is 0 Å². The van der Waals surface area contributed by atoms with Gasteiger partial charge in [0, 0.05) is 12.1 Å². The van der Waals surface area contributed by atoms with E-state index >= 15 is 0 Å². The summed E-state index contributed by atoms with van der Waals surface area (Å²) < 4.78 is 5.84. The summed E-state index contributed by atoms with van der Waals surface area (Å²) in [5, 5.41) is 0. The molecule has 1 saturated heterocycles. The summed E-state index contributed by atoms with van der Waals surface area (Å²) in [6.07, 6.45) is 2.39. The molecule has 0 amide bonds. The van der Waals surface area contributed by atoms with E-state index in [1.165, 1.54) is 12.8 Å². The summed E-state index contributed by atoms with van der Waals surface area (Å²) in [6, 6.07) is 3.87. The molecular weight excluding hydrogens is 238 g/mol. The molecule has 2 rings (SSSR count). The molecule has 0 atom stereocenters. The molecule has 19 heavy (non-hydrogen) atoms. The van der Waals surface area contributed by atoms with Crippen molar-refractivity contribution in [2.45, 2.75) is 58.6 Å². The Morgan fingerprint density at radius 3 is 2.53 bits per heavy atom. The van der Waals surface area contributed by atoms with Crippen LogP contribution in [0, 0.1) is 0 Å². The summed E-state index contributed by atoms with van der Waals surface area (Å²) in [4.78, 5) is 6.95. The molecule has 1 aromatic heterocycles. The maximum Gasteiger partial charge on any atom is 0.239 e.